The molecule has 2 rings (SSSR count). The minimum Gasteiger partial charge on any atom is -0.344 e. The van der Waals surface area contributed by atoms with Crippen LogP contribution in [0.1, 0.15) is 0 Å². The van der Waals surface area contributed by atoms with Gasteiger partial charge in [0.25, 0.3) is 20.2 Å². The quantitative estimate of drug-likeness (QED) is 0.602. The van der Waals surface area contributed by atoms with E-state index < -0.39 is 30.0 Å². The van der Waals surface area contributed by atoms with Crippen molar-refractivity contribution in [1.82, 2.24) is 12.3 Å². The Morgan fingerprint density at radius 1 is 0.650 bits per heavy atom. The molecule has 0 saturated carbocycles. The Labute approximate surface area is 116 Å². The maximum Gasteiger partial charge on any atom is 0.295 e. The summed E-state index contributed by atoms with van der Waals surface area (Å²) in [5.41, 5.74) is 0. The van der Waals surface area contributed by atoms with Crippen molar-refractivity contribution in [3.63, 3.8) is 0 Å². The third-order valence-corrected chi connectivity index (χ3v) is 4.22. The van der Waals surface area contributed by atoms with Gasteiger partial charge in [-0.15, -0.1) is 0 Å². The van der Waals surface area contributed by atoms with E-state index in [2.05, 4.69) is 0 Å². The lowest BCUT2D eigenvalue weighted by Gasteiger charge is -2.06. The van der Waals surface area contributed by atoms with Gasteiger partial charge in [0.1, 0.15) is 9.79 Å². The predicted octanol–water partition coefficient (Wildman–Crippen LogP) is 1.66. The van der Waals surface area contributed by atoms with Crippen molar-refractivity contribution in [3.05, 3.63) is 36.4 Å². The van der Waals surface area contributed by atoms with Crippen LogP contribution in [0, 0.1) is 0 Å². The van der Waals surface area contributed by atoms with Crippen molar-refractivity contribution in [2.75, 3.05) is 0 Å². The molecule has 0 radical (unpaired) electrons. The fraction of sp³-hybridized carbons (Fsp3) is 0. The van der Waals surface area contributed by atoms with Crippen LogP contribution in [-0.2, 0) is 20.2 Å². The fourth-order valence-corrected chi connectivity index (χ4v) is 3.12. The molecule has 2 aromatic rings. The summed E-state index contributed by atoms with van der Waals surface area (Å²) in [6.07, 6.45) is 0. The van der Waals surface area contributed by atoms with Crippen molar-refractivity contribution in [3.8, 4) is 0 Å². The first kappa shape index (κ1) is 18.4. The van der Waals surface area contributed by atoms with E-state index in [0.29, 0.717) is 0 Å². The first-order valence-electron chi connectivity index (χ1n) is 4.68. The monoisotopic (exact) mass is 322 g/mol. The van der Waals surface area contributed by atoms with E-state index in [9.17, 15) is 16.8 Å². The molecule has 0 fully saturated rings. The molecule has 0 bridgehead atoms. The molecule has 0 unspecified atom stereocenters. The Morgan fingerprint density at radius 3 is 1.20 bits per heavy atom. The molecule has 0 saturated heterocycles. The minimum atomic E-state index is -4.47. The SMILES string of the molecule is N.N.O=S(=O)(O)c1cccc2c(S(=O)(=O)O)cccc12. The number of hydrogen-bond acceptors (Lipinski definition) is 6. The number of rotatable bonds is 2. The average molecular weight is 322 g/mol. The van der Waals surface area contributed by atoms with Gasteiger partial charge in [0.15, 0.2) is 0 Å². The summed E-state index contributed by atoms with van der Waals surface area (Å²) in [5, 5.41) is 0.0465. The Bertz CT molecular complexity index is 759. The maximum atomic E-state index is 11.2. The van der Waals surface area contributed by atoms with E-state index in [4.69, 9.17) is 9.11 Å². The van der Waals surface area contributed by atoms with Crippen LogP contribution in [0.2, 0.25) is 0 Å². The normalized spacial score (nSPS) is 11.5. The highest BCUT2D eigenvalue weighted by Gasteiger charge is 2.18. The molecule has 20 heavy (non-hydrogen) atoms. The molecular formula is C10H14N2O6S2. The molecule has 112 valence electrons. The average Bonchev–Trinajstić information content (AvgIpc) is 2.24. The highest BCUT2D eigenvalue weighted by atomic mass is 32.2. The van der Waals surface area contributed by atoms with Crippen molar-refractivity contribution >= 4 is 31.0 Å². The van der Waals surface area contributed by atoms with Crippen LogP contribution in [0.3, 0.4) is 0 Å². The lowest BCUT2D eigenvalue weighted by Crippen LogP contribution is -2.02. The zero-order valence-corrected chi connectivity index (χ0v) is 11.9. The summed E-state index contributed by atoms with van der Waals surface area (Å²) < 4.78 is 62.7. The second kappa shape index (κ2) is 5.83. The number of hydrogen-bond donors (Lipinski definition) is 4. The van der Waals surface area contributed by atoms with Gasteiger partial charge in [-0.05, 0) is 12.1 Å². The van der Waals surface area contributed by atoms with E-state index in [1.165, 1.54) is 24.3 Å². The molecular weight excluding hydrogens is 308 g/mol. The van der Waals surface area contributed by atoms with Crippen LogP contribution in [-0.4, -0.2) is 25.9 Å². The predicted molar refractivity (Wildman–Crippen MR) is 73.6 cm³/mol. The van der Waals surface area contributed by atoms with Gasteiger partial charge in [0.05, 0.1) is 0 Å². The second-order valence-electron chi connectivity index (χ2n) is 3.56. The van der Waals surface area contributed by atoms with Crippen LogP contribution in [0.4, 0.5) is 0 Å². The van der Waals surface area contributed by atoms with Crippen LogP contribution in [0.5, 0.6) is 0 Å². The van der Waals surface area contributed by atoms with Crippen LogP contribution in [0.15, 0.2) is 46.2 Å². The molecule has 8 nitrogen and oxygen atoms in total. The van der Waals surface area contributed by atoms with Gasteiger partial charge in [0.2, 0.25) is 0 Å². The van der Waals surface area contributed by atoms with Gasteiger partial charge in [-0.1, -0.05) is 24.3 Å². The molecule has 0 aliphatic heterocycles. The molecule has 10 heteroatoms. The van der Waals surface area contributed by atoms with Crippen LogP contribution in [0.25, 0.3) is 10.8 Å². The third-order valence-electron chi connectivity index (χ3n) is 2.40. The first-order chi connectivity index (χ1) is 8.21. The van der Waals surface area contributed by atoms with Gasteiger partial charge in [-0.2, -0.15) is 16.8 Å². The van der Waals surface area contributed by atoms with E-state index in [1.807, 2.05) is 0 Å². The first-order valence-corrected chi connectivity index (χ1v) is 7.56. The highest BCUT2D eigenvalue weighted by Crippen LogP contribution is 2.27. The molecule has 2 aromatic carbocycles. The van der Waals surface area contributed by atoms with Crippen molar-refractivity contribution in [2.24, 2.45) is 0 Å². The van der Waals surface area contributed by atoms with Crippen LogP contribution >= 0.6 is 0 Å². The lowest BCUT2D eigenvalue weighted by atomic mass is 10.1. The van der Waals surface area contributed by atoms with Crippen LogP contribution < -0.4 is 12.3 Å². The van der Waals surface area contributed by atoms with Gasteiger partial charge >= 0.3 is 0 Å². The smallest absolute Gasteiger partial charge is 0.295 e. The molecule has 0 aromatic heterocycles. The van der Waals surface area contributed by atoms with E-state index in [0.717, 1.165) is 12.1 Å². The maximum absolute atomic E-state index is 11.2. The van der Waals surface area contributed by atoms with E-state index in [-0.39, 0.29) is 23.1 Å². The summed E-state index contributed by atoms with van der Waals surface area (Å²) in [6, 6.07) is 7.53. The van der Waals surface area contributed by atoms with Gasteiger partial charge < -0.3 is 12.3 Å². The van der Waals surface area contributed by atoms with Crippen molar-refractivity contribution < 1.29 is 25.9 Å². The van der Waals surface area contributed by atoms with E-state index >= 15 is 0 Å². The minimum absolute atomic E-state index is 0. The number of benzene rings is 2. The topological polar surface area (TPSA) is 179 Å². The summed E-state index contributed by atoms with van der Waals surface area (Å²) in [4.78, 5) is -0.823. The van der Waals surface area contributed by atoms with Crippen molar-refractivity contribution in [2.45, 2.75) is 9.79 Å². The largest absolute Gasteiger partial charge is 0.344 e. The summed E-state index contributed by atoms with van der Waals surface area (Å²) >= 11 is 0. The van der Waals surface area contributed by atoms with Crippen molar-refractivity contribution in [1.29, 1.82) is 0 Å². The molecule has 8 N–H and O–H groups in total. The molecule has 0 aliphatic rings. The Kier molecular flexibility index (Phi) is 5.37. The molecule has 0 heterocycles. The zero-order valence-electron chi connectivity index (χ0n) is 10.2. The lowest BCUT2D eigenvalue weighted by molar-refractivity contribution is 0.481. The second-order valence-corrected chi connectivity index (χ2v) is 6.34. The Hall–Kier alpha value is -1.56. The van der Waals surface area contributed by atoms with Gasteiger partial charge in [0, 0.05) is 10.8 Å². The van der Waals surface area contributed by atoms with E-state index in [1.54, 1.807) is 0 Å². The summed E-state index contributed by atoms with van der Waals surface area (Å²) in [6.45, 7) is 0. The number of fused-ring (bicyclic) bond motifs is 1. The standard InChI is InChI=1S/C10H8O6S2.2H3N/c11-17(12,13)9-5-1-3-7-8(9)4-2-6-10(7)18(14,15)16;;/h1-6H,(H,11,12,13)(H,14,15,16);2*1H3. The molecule has 0 amide bonds. The third kappa shape index (κ3) is 3.30. The van der Waals surface area contributed by atoms with Gasteiger partial charge in [-0.3, -0.25) is 9.11 Å². The fourth-order valence-electron chi connectivity index (χ4n) is 1.70. The molecule has 0 spiro atoms. The Balaban J connectivity index is 0.00000180. The Morgan fingerprint density at radius 2 is 0.950 bits per heavy atom. The zero-order chi connectivity index (χ0) is 13.6. The summed E-state index contributed by atoms with van der Waals surface area (Å²) in [5.74, 6) is 0. The summed E-state index contributed by atoms with van der Waals surface area (Å²) in [7, 11) is -8.94. The highest BCUT2D eigenvalue weighted by molar-refractivity contribution is 7.86. The van der Waals surface area contributed by atoms with Gasteiger partial charge in [-0.25, -0.2) is 0 Å². The molecule has 0 atom stereocenters. The molecule has 0 aliphatic carbocycles.